The van der Waals surface area contributed by atoms with Gasteiger partial charge in [0.2, 0.25) is 0 Å². The first-order valence-electron chi connectivity index (χ1n) is 7.67. The summed E-state index contributed by atoms with van der Waals surface area (Å²) >= 11 is 3.36. The van der Waals surface area contributed by atoms with Crippen molar-refractivity contribution in [2.45, 2.75) is 13.0 Å². The second-order valence-corrected chi connectivity index (χ2v) is 5.89. The third kappa shape index (κ3) is 6.04. The van der Waals surface area contributed by atoms with Crippen LogP contribution in [0.25, 0.3) is 0 Å². The van der Waals surface area contributed by atoms with Crippen molar-refractivity contribution in [3.05, 3.63) is 64.6 Å². The molecule has 0 heterocycles. The van der Waals surface area contributed by atoms with Crippen molar-refractivity contribution >= 4 is 39.7 Å². The van der Waals surface area contributed by atoms with Gasteiger partial charge in [-0.1, -0.05) is 40.2 Å². The van der Waals surface area contributed by atoms with Crippen molar-refractivity contribution < 1.29 is 14.3 Å². The molecule has 0 radical (unpaired) electrons. The van der Waals surface area contributed by atoms with Crippen LogP contribution in [0.5, 0.6) is 0 Å². The van der Waals surface area contributed by atoms with E-state index < -0.39 is 12.0 Å². The van der Waals surface area contributed by atoms with Gasteiger partial charge in [0.1, 0.15) is 0 Å². The molecule has 0 spiro atoms. The van der Waals surface area contributed by atoms with E-state index in [4.69, 9.17) is 4.74 Å². The number of hydrogen-bond donors (Lipinski definition) is 2. The Morgan fingerprint density at radius 1 is 1.20 bits per heavy atom. The van der Waals surface area contributed by atoms with Gasteiger partial charge >= 0.3 is 5.97 Å². The van der Waals surface area contributed by atoms with Crippen molar-refractivity contribution in [2.24, 2.45) is 5.10 Å². The number of carbonyl (C=O) groups excluding carboxylic acids is 2. The number of anilines is 1. The van der Waals surface area contributed by atoms with Crippen LogP contribution < -0.4 is 10.7 Å². The van der Waals surface area contributed by atoms with Crippen LogP contribution in [0, 0.1) is 0 Å². The summed E-state index contributed by atoms with van der Waals surface area (Å²) in [5.74, 6) is -0.959. The molecule has 130 valence electrons. The largest absolute Gasteiger partial charge is 0.464 e. The molecule has 0 saturated heterocycles. The summed E-state index contributed by atoms with van der Waals surface area (Å²) in [5.41, 5.74) is 3.99. The fraction of sp³-hybridized carbons (Fsp3) is 0.167. The highest BCUT2D eigenvalue weighted by Gasteiger charge is 2.20. The highest BCUT2D eigenvalue weighted by atomic mass is 79.9. The summed E-state index contributed by atoms with van der Waals surface area (Å²) in [6, 6.07) is 15.0. The fourth-order valence-corrected chi connectivity index (χ4v) is 2.35. The van der Waals surface area contributed by atoms with E-state index in [1.165, 1.54) is 6.21 Å². The summed E-state index contributed by atoms with van der Waals surface area (Å²) in [6.07, 6.45) is 1.31. The molecule has 6 nitrogen and oxygen atoms in total. The molecule has 1 atom stereocenters. The molecule has 25 heavy (non-hydrogen) atoms. The Bertz CT molecular complexity index is 750. The molecule has 2 N–H and O–H groups in total. The van der Waals surface area contributed by atoms with Crippen molar-refractivity contribution in [3.8, 4) is 0 Å². The molecule has 0 aliphatic carbocycles. The smallest absolute Gasteiger partial charge is 0.334 e. The molecule has 2 rings (SSSR count). The van der Waals surface area contributed by atoms with Gasteiger partial charge in [-0.15, -0.1) is 0 Å². The standard InChI is InChI=1S/C18H18BrN3O3/c1-2-25-18(24)16(21-17(23)13-7-4-3-5-8-13)12-20-22-15-10-6-9-14(19)11-15/h3-12,16,22H,2H2,1H3,(H,21,23)/b20-12+. The van der Waals surface area contributed by atoms with Gasteiger partial charge in [-0.25, -0.2) is 4.79 Å². The highest BCUT2D eigenvalue weighted by Crippen LogP contribution is 2.15. The van der Waals surface area contributed by atoms with Gasteiger partial charge in [0.05, 0.1) is 18.5 Å². The van der Waals surface area contributed by atoms with Gasteiger partial charge in [-0.3, -0.25) is 10.2 Å². The van der Waals surface area contributed by atoms with Gasteiger partial charge in [0.15, 0.2) is 6.04 Å². The van der Waals surface area contributed by atoms with Crippen LogP contribution in [0.15, 0.2) is 64.2 Å². The maximum absolute atomic E-state index is 12.2. The molecule has 2 aromatic carbocycles. The number of esters is 1. The summed E-state index contributed by atoms with van der Waals surface area (Å²) in [4.78, 5) is 24.3. The molecular formula is C18H18BrN3O3. The summed E-state index contributed by atoms with van der Waals surface area (Å²) in [6.45, 7) is 1.91. The minimum absolute atomic E-state index is 0.212. The molecule has 7 heteroatoms. The zero-order valence-electron chi connectivity index (χ0n) is 13.6. The van der Waals surface area contributed by atoms with Crippen molar-refractivity contribution in [3.63, 3.8) is 0 Å². The molecule has 1 unspecified atom stereocenters. The van der Waals surface area contributed by atoms with Crippen LogP contribution >= 0.6 is 15.9 Å². The van der Waals surface area contributed by atoms with Gasteiger partial charge < -0.3 is 10.1 Å². The topological polar surface area (TPSA) is 79.8 Å². The molecule has 2 aromatic rings. The van der Waals surface area contributed by atoms with E-state index >= 15 is 0 Å². The zero-order valence-corrected chi connectivity index (χ0v) is 15.2. The van der Waals surface area contributed by atoms with Crippen LogP contribution in [-0.4, -0.2) is 30.7 Å². The Balaban J connectivity index is 2.06. The Morgan fingerprint density at radius 3 is 2.64 bits per heavy atom. The van der Waals surface area contributed by atoms with Crippen LogP contribution in [-0.2, 0) is 9.53 Å². The maximum Gasteiger partial charge on any atom is 0.334 e. The zero-order chi connectivity index (χ0) is 18.1. The lowest BCUT2D eigenvalue weighted by Crippen LogP contribution is -2.43. The molecule has 0 aliphatic rings. The van der Waals surface area contributed by atoms with Gasteiger partial charge in [0.25, 0.3) is 5.91 Å². The quantitative estimate of drug-likeness (QED) is 0.422. The number of carbonyl (C=O) groups is 2. The van der Waals surface area contributed by atoms with Crippen molar-refractivity contribution in [1.82, 2.24) is 5.32 Å². The Labute approximate surface area is 154 Å². The van der Waals surface area contributed by atoms with Gasteiger partial charge in [-0.05, 0) is 37.3 Å². The minimum atomic E-state index is -0.993. The Kier molecular flexibility index (Phi) is 7.16. The number of benzene rings is 2. The highest BCUT2D eigenvalue weighted by molar-refractivity contribution is 9.10. The number of nitrogens with one attached hydrogen (secondary N) is 2. The molecule has 0 saturated carbocycles. The average molecular weight is 404 g/mol. The number of halogens is 1. The number of amides is 1. The maximum atomic E-state index is 12.2. The number of hydrogen-bond acceptors (Lipinski definition) is 5. The average Bonchev–Trinajstić information content (AvgIpc) is 2.62. The normalized spacial score (nSPS) is 11.8. The molecule has 1 amide bonds. The van der Waals surface area contributed by atoms with Gasteiger partial charge in [0, 0.05) is 10.0 Å². The van der Waals surface area contributed by atoms with E-state index in [-0.39, 0.29) is 12.5 Å². The SMILES string of the molecule is CCOC(=O)C(/C=N/Nc1cccc(Br)c1)NC(=O)c1ccccc1. The third-order valence-electron chi connectivity index (χ3n) is 3.10. The second-order valence-electron chi connectivity index (χ2n) is 4.97. The number of ether oxygens (including phenoxy) is 1. The molecular weight excluding hydrogens is 386 g/mol. The summed E-state index contributed by atoms with van der Waals surface area (Å²) in [7, 11) is 0. The predicted molar refractivity (Wildman–Crippen MR) is 101 cm³/mol. The summed E-state index contributed by atoms with van der Waals surface area (Å²) in [5, 5.41) is 6.63. The lowest BCUT2D eigenvalue weighted by atomic mass is 10.2. The monoisotopic (exact) mass is 403 g/mol. The first kappa shape index (κ1) is 18.7. The number of hydrazone groups is 1. The van der Waals surface area contributed by atoms with Crippen molar-refractivity contribution in [2.75, 3.05) is 12.0 Å². The number of rotatable bonds is 7. The van der Waals surface area contributed by atoms with E-state index in [2.05, 4.69) is 31.8 Å². The van der Waals surface area contributed by atoms with Gasteiger partial charge in [-0.2, -0.15) is 5.10 Å². The molecule has 0 fully saturated rings. The van der Waals surface area contributed by atoms with E-state index in [9.17, 15) is 9.59 Å². The third-order valence-corrected chi connectivity index (χ3v) is 3.60. The lowest BCUT2D eigenvalue weighted by molar-refractivity contribution is -0.143. The molecule has 0 bridgehead atoms. The van der Waals surface area contributed by atoms with Crippen LogP contribution in [0.3, 0.4) is 0 Å². The summed E-state index contributed by atoms with van der Waals surface area (Å²) < 4.78 is 5.88. The van der Waals surface area contributed by atoms with Crippen molar-refractivity contribution in [1.29, 1.82) is 0 Å². The van der Waals surface area contributed by atoms with E-state index in [0.717, 1.165) is 10.2 Å². The van der Waals surface area contributed by atoms with E-state index in [1.807, 2.05) is 30.3 Å². The van der Waals surface area contributed by atoms with Crippen LogP contribution in [0.2, 0.25) is 0 Å². The minimum Gasteiger partial charge on any atom is -0.464 e. The predicted octanol–water partition coefficient (Wildman–Crippen LogP) is 3.21. The Hall–Kier alpha value is -2.67. The number of nitrogens with zero attached hydrogens (tertiary/aromatic N) is 1. The van der Waals surface area contributed by atoms with Crippen LogP contribution in [0.4, 0.5) is 5.69 Å². The van der Waals surface area contributed by atoms with E-state index in [0.29, 0.717) is 5.56 Å². The second kappa shape index (κ2) is 9.58. The first-order chi connectivity index (χ1) is 12.1. The Morgan fingerprint density at radius 2 is 1.96 bits per heavy atom. The lowest BCUT2D eigenvalue weighted by Gasteiger charge is -2.13. The molecule has 0 aliphatic heterocycles. The van der Waals surface area contributed by atoms with E-state index in [1.54, 1.807) is 31.2 Å². The van der Waals surface area contributed by atoms with Crippen LogP contribution in [0.1, 0.15) is 17.3 Å². The fourth-order valence-electron chi connectivity index (χ4n) is 1.95. The molecule has 0 aromatic heterocycles. The first-order valence-corrected chi connectivity index (χ1v) is 8.46.